The van der Waals surface area contributed by atoms with E-state index in [4.69, 9.17) is 0 Å². The zero-order chi connectivity index (χ0) is 17.6. The molecule has 0 saturated carbocycles. The van der Waals surface area contributed by atoms with Crippen molar-refractivity contribution in [2.24, 2.45) is 5.92 Å². The molecule has 0 spiro atoms. The highest BCUT2D eigenvalue weighted by molar-refractivity contribution is 5.77. The number of rotatable bonds is 5. The van der Waals surface area contributed by atoms with Crippen molar-refractivity contribution >= 4 is 5.91 Å². The van der Waals surface area contributed by atoms with Gasteiger partial charge in [0.05, 0.1) is 6.04 Å². The number of amides is 1. The van der Waals surface area contributed by atoms with Gasteiger partial charge in [0, 0.05) is 6.42 Å². The van der Waals surface area contributed by atoms with Crippen LogP contribution < -0.4 is 5.32 Å². The lowest BCUT2D eigenvalue weighted by Crippen LogP contribution is -2.35. The van der Waals surface area contributed by atoms with Crippen molar-refractivity contribution in [3.05, 3.63) is 71.3 Å². The predicted octanol–water partition coefficient (Wildman–Crippen LogP) is 3.93. The minimum absolute atomic E-state index is 0.0835. The number of likely N-dealkylation sites (tertiary alicyclic amines) is 1. The van der Waals surface area contributed by atoms with Crippen LogP contribution in [0.5, 0.6) is 0 Å². The lowest BCUT2D eigenvalue weighted by Gasteiger charge is -2.29. The highest BCUT2D eigenvalue weighted by atomic mass is 16.1. The van der Waals surface area contributed by atoms with Gasteiger partial charge in [-0.15, -0.1) is 0 Å². The van der Waals surface area contributed by atoms with Crippen LogP contribution in [0.15, 0.2) is 54.6 Å². The van der Waals surface area contributed by atoms with Crippen LogP contribution in [0.4, 0.5) is 0 Å². The van der Waals surface area contributed by atoms with E-state index in [2.05, 4.69) is 60.6 Å². The van der Waals surface area contributed by atoms with Crippen LogP contribution in [0.2, 0.25) is 0 Å². The largest absolute Gasteiger partial charge is 0.345 e. The molecule has 1 saturated heterocycles. The molecule has 2 aromatic carbocycles. The van der Waals surface area contributed by atoms with Crippen LogP contribution in [-0.2, 0) is 4.79 Å². The van der Waals surface area contributed by atoms with Crippen molar-refractivity contribution in [2.75, 3.05) is 20.1 Å². The summed E-state index contributed by atoms with van der Waals surface area (Å²) in [5.74, 6) is 0.662. The third-order valence-corrected chi connectivity index (χ3v) is 5.13. The van der Waals surface area contributed by atoms with E-state index in [0.29, 0.717) is 12.3 Å². The Bertz CT molecular complexity index is 690. The number of carbonyl (C=O) groups is 1. The molecule has 1 heterocycles. The Morgan fingerprint density at radius 2 is 1.76 bits per heavy atom. The first kappa shape index (κ1) is 17.7. The van der Waals surface area contributed by atoms with Gasteiger partial charge in [-0.05, 0) is 56.9 Å². The van der Waals surface area contributed by atoms with Gasteiger partial charge in [-0.2, -0.15) is 0 Å². The number of nitrogens with one attached hydrogen (secondary N) is 1. The van der Waals surface area contributed by atoms with Crippen LogP contribution in [0, 0.1) is 12.8 Å². The topological polar surface area (TPSA) is 32.3 Å². The lowest BCUT2D eigenvalue weighted by atomic mass is 9.92. The summed E-state index contributed by atoms with van der Waals surface area (Å²) in [6.45, 7) is 4.28. The molecule has 2 aromatic rings. The van der Waals surface area contributed by atoms with E-state index in [9.17, 15) is 4.79 Å². The molecule has 25 heavy (non-hydrogen) atoms. The highest BCUT2D eigenvalue weighted by Crippen LogP contribution is 2.24. The van der Waals surface area contributed by atoms with E-state index >= 15 is 0 Å². The molecular weight excluding hydrogens is 308 g/mol. The minimum Gasteiger partial charge on any atom is -0.345 e. The summed E-state index contributed by atoms with van der Waals surface area (Å²) in [5, 5.41) is 3.28. The second-order valence-corrected chi connectivity index (χ2v) is 7.28. The first-order valence-corrected chi connectivity index (χ1v) is 9.21. The van der Waals surface area contributed by atoms with Crippen molar-refractivity contribution in [3.63, 3.8) is 0 Å². The maximum Gasteiger partial charge on any atom is 0.221 e. The van der Waals surface area contributed by atoms with E-state index in [1.54, 1.807) is 0 Å². The minimum atomic E-state index is -0.0835. The number of hydrogen-bond donors (Lipinski definition) is 1. The fraction of sp³-hybridized carbons (Fsp3) is 0.409. The van der Waals surface area contributed by atoms with Gasteiger partial charge in [0.2, 0.25) is 5.91 Å². The SMILES string of the molecule is Cc1cccc([C@H](NC(=O)CC2CCN(C)CC2)c2ccccc2)c1. The Balaban J connectivity index is 1.72. The molecule has 0 aliphatic carbocycles. The summed E-state index contributed by atoms with van der Waals surface area (Å²) in [6.07, 6.45) is 2.86. The zero-order valence-electron chi connectivity index (χ0n) is 15.2. The molecule has 1 aliphatic rings. The molecule has 132 valence electrons. The summed E-state index contributed by atoms with van der Waals surface area (Å²) in [6, 6.07) is 18.6. The van der Waals surface area contributed by atoms with Gasteiger partial charge in [0.1, 0.15) is 0 Å². The maximum atomic E-state index is 12.7. The quantitative estimate of drug-likeness (QED) is 0.897. The number of nitrogens with zero attached hydrogens (tertiary/aromatic N) is 1. The van der Waals surface area contributed by atoms with Gasteiger partial charge in [-0.25, -0.2) is 0 Å². The van der Waals surface area contributed by atoms with Crippen molar-refractivity contribution in [2.45, 2.75) is 32.2 Å². The monoisotopic (exact) mass is 336 g/mol. The number of hydrogen-bond acceptors (Lipinski definition) is 2. The molecule has 1 fully saturated rings. The molecule has 0 aromatic heterocycles. The molecule has 3 nitrogen and oxygen atoms in total. The molecule has 0 bridgehead atoms. The first-order valence-electron chi connectivity index (χ1n) is 9.21. The van der Waals surface area contributed by atoms with Gasteiger partial charge in [0.25, 0.3) is 0 Å². The summed E-state index contributed by atoms with van der Waals surface area (Å²) < 4.78 is 0. The number of carbonyl (C=O) groups excluding carboxylic acids is 1. The van der Waals surface area contributed by atoms with E-state index in [1.807, 2.05) is 18.2 Å². The average molecular weight is 336 g/mol. The fourth-order valence-corrected chi connectivity index (χ4v) is 3.60. The Morgan fingerprint density at radius 1 is 1.08 bits per heavy atom. The van der Waals surface area contributed by atoms with Crippen LogP contribution in [-0.4, -0.2) is 30.9 Å². The van der Waals surface area contributed by atoms with Gasteiger partial charge < -0.3 is 10.2 Å². The normalized spacial score (nSPS) is 17.2. The Kier molecular flexibility index (Phi) is 5.87. The molecule has 1 atom stereocenters. The van der Waals surface area contributed by atoms with Crippen LogP contribution in [0.1, 0.15) is 42.0 Å². The second kappa shape index (κ2) is 8.30. The van der Waals surface area contributed by atoms with Crippen molar-refractivity contribution in [1.29, 1.82) is 0 Å². The summed E-state index contributed by atoms with van der Waals surface area (Å²) >= 11 is 0. The van der Waals surface area contributed by atoms with Gasteiger partial charge in [-0.1, -0.05) is 60.2 Å². The molecule has 1 amide bonds. The Morgan fingerprint density at radius 3 is 2.44 bits per heavy atom. The van der Waals surface area contributed by atoms with Crippen molar-refractivity contribution in [3.8, 4) is 0 Å². The molecular formula is C22H28N2O. The molecule has 3 rings (SSSR count). The van der Waals surface area contributed by atoms with Crippen LogP contribution in [0.3, 0.4) is 0 Å². The lowest BCUT2D eigenvalue weighted by molar-refractivity contribution is -0.122. The van der Waals surface area contributed by atoms with Crippen LogP contribution >= 0.6 is 0 Å². The van der Waals surface area contributed by atoms with Gasteiger partial charge in [-0.3, -0.25) is 4.79 Å². The predicted molar refractivity (Wildman–Crippen MR) is 102 cm³/mol. The Hall–Kier alpha value is -2.13. The highest BCUT2D eigenvalue weighted by Gasteiger charge is 2.22. The molecule has 1 N–H and O–H groups in total. The molecule has 3 heteroatoms. The van der Waals surface area contributed by atoms with Crippen molar-refractivity contribution in [1.82, 2.24) is 10.2 Å². The van der Waals surface area contributed by atoms with E-state index < -0.39 is 0 Å². The van der Waals surface area contributed by atoms with Gasteiger partial charge >= 0.3 is 0 Å². The second-order valence-electron chi connectivity index (χ2n) is 7.28. The molecule has 0 radical (unpaired) electrons. The third-order valence-electron chi connectivity index (χ3n) is 5.13. The zero-order valence-corrected chi connectivity index (χ0v) is 15.2. The smallest absolute Gasteiger partial charge is 0.221 e. The number of piperidine rings is 1. The van der Waals surface area contributed by atoms with E-state index in [-0.39, 0.29) is 11.9 Å². The van der Waals surface area contributed by atoms with E-state index in [1.165, 1.54) is 5.56 Å². The van der Waals surface area contributed by atoms with Gasteiger partial charge in [0.15, 0.2) is 0 Å². The first-order chi connectivity index (χ1) is 12.1. The Labute approximate surface area is 151 Å². The number of aryl methyl sites for hydroxylation is 1. The number of benzene rings is 2. The fourth-order valence-electron chi connectivity index (χ4n) is 3.60. The average Bonchev–Trinajstić information content (AvgIpc) is 2.62. The van der Waals surface area contributed by atoms with Crippen LogP contribution in [0.25, 0.3) is 0 Å². The molecule has 0 unspecified atom stereocenters. The summed E-state index contributed by atoms with van der Waals surface area (Å²) in [4.78, 5) is 15.1. The standard InChI is InChI=1S/C22H28N2O/c1-17-7-6-10-20(15-17)22(19-8-4-3-5-9-19)23-21(25)16-18-11-13-24(2)14-12-18/h3-10,15,18,22H,11-14,16H2,1-2H3,(H,23,25)/t22-/m1/s1. The maximum absolute atomic E-state index is 12.7. The summed E-state index contributed by atoms with van der Waals surface area (Å²) in [5.41, 5.74) is 3.48. The third kappa shape index (κ3) is 4.93. The molecule has 1 aliphatic heterocycles. The van der Waals surface area contributed by atoms with E-state index in [0.717, 1.165) is 37.1 Å². The summed E-state index contributed by atoms with van der Waals surface area (Å²) in [7, 11) is 2.15. The van der Waals surface area contributed by atoms with Crippen molar-refractivity contribution < 1.29 is 4.79 Å².